The van der Waals surface area contributed by atoms with Crippen LogP contribution in [0.3, 0.4) is 0 Å². The smallest absolute Gasteiger partial charge is 0.155 e. The van der Waals surface area contributed by atoms with Crippen molar-refractivity contribution in [2.75, 3.05) is 0 Å². The summed E-state index contributed by atoms with van der Waals surface area (Å²) in [7, 11) is 3.33. The summed E-state index contributed by atoms with van der Waals surface area (Å²) < 4.78 is 10.3. The van der Waals surface area contributed by atoms with Crippen LogP contribution in [0.2, 0.25) is 0 Å². The first-order valence-electron chi connectivity index (χ1n) is 4.39. The molecule has 1 rings (SSSR count). The van der Waals surface area contributed by atoms with Crippen molar-refractivity contribution < 1.29 is 9.47 Å². The molecular weight excluding hydrogens is 140 g/mol. The Hall–Kier alpha value is -0.0800. The molecule has 1 aliphatic carbocycles. The van der Waals surface area contributed by atoms with Crippen molar-refractivity contribution in [2.45, 2.75) is 51.4 Å². The van der Waals surface area contributed by atoms with E-state index in [0.29, 0.717) is 6.10 Å². The topological polar surface area (TPSA) is 18.5 Å². The van der Waals surface area contributed by atoms with Gasteiger partial charge >= 0.3 is 0 Å². The maximum atomic E-state index is 5.56. The van der Waals surface area contributed by atoms with Crippen LogP contribution in [-0.2, 0) is 9.47 Å². The van der Waals surface area contributed by atoms with Gasteiger partial charge in [0.15, 0.2) is 6.29 Å². The molecule has 0 aromatic carbocycles. The Balaban J connectivity index is 2.13. The van der Waals surface area contributed by atoms with E-state index in [0.717, 1.165) is 0 Å². The summed E-state index contributed by atoms with van der Waals surface area (Å²) in [6.07, 6.45) is 6.61. The zero-order valence-electron chi connectivity index (χ0n) is 7.21. The molecule has 1 atom stereocenters. The number of hydrogen-bond acceptors (Lipinski definition) is 2. The zero-order chi connectivity index (χ0) is 8.10. The first kappa shape index (κ1) is 9.01. The molecule has 0 aromatic heterocycles. The van der Waals surface area contributed by atoms with E-state index in [-0.39, 0.29) is 6.29 Å². The molecule has 11 heavy (non-hydrogen) atoms. The lowest BCUT2D eigenvalue weighted by molar-refractivity contribution is -0.139. The average Bonchev–Trinajstić information content (AvgIpc) is 2.06. The van der Waals surface area contributed by atoms with Crippen LogP contribution in [0.5, 0.6) is 0 Å². The highest BCUT2D eigenvalue weighted by Crippen LogP contribution is 2.21. The molecule has 0 amide bonds. The number of hydrogen-bond donors (Lipinski definition) is 0. The largest absolute Gasteiger partial charge is 0.351 e. The summed E-state index contributed by atoms with van der Waals surface area (Å²) >= 11 is 0. The van der Waals surface area contributed by atoms with E-state index in [4.69, 9.17) is 9.47 Å². The second-order valence-electron chi connectivity index (χ2n) is 3.13. The van der Waals surface area contributed by atoms with Gasteiger partial charge in [-0.1, -0.05) is 19.3 Å². The average molecular weight is 157 g/mol. The second kappa shape index (κ2) is 4.73. The van der Waals surface area contributed by atoms with Gasteiger partial charge in [0.1, 0.15) is 0 Å². The van der Waals surface area contributed by atoms with E-state index in [2.05, 4.69) is 7.11 Å². The van der Waals surface area contributed by atoms with Crippen molar-refractivity contribution in [3.05, 3.63) is 7.11 Å². The SMILES string of the molecule is [CH2]OC(C)OC1CCCCC1. The molecular formula is C9H17O2. The number of ether oxygens (including phenoxy) is 2. The highest BCUT2D eigenvalue weighted by atomic mass is 16.7. The lowest BCUT2D eigenvalue weighted by Crippen LogP contribution is -2.22. The standard InChI is InChI=1S/C9H17O2/c1-8(10-2)11-9-6-4-3-5-7-9/h8-9H,2-7H2,1H3. The molecule has 0 heterocycles. The van der Waals surface area contributed by atoms with Crippen LogP contribution in [0.4, 0.5) is 0 Å². The van der Waals surface area contributed by atoms with Crippen LogP contribution in [0.25, 0.3) is 0 Å². The van der Waals surface area contributed by atoms with Gasteiger partial charge in [-0.05, 0) is 19.8 Å². The third-order valence-corrected chi connectivity index (χ3v) is 2.17. The molecule has 1 fully saturated rings. The highest BCUT2D eigenvalue weighted by molar-refractivity contribution is 4.65. The molecule has 1 aliphatic rings. The van der Waals surface area contributed by atoms with Gasteiger partial charge < -0.3 is 9.47 Å². The maximum Gasteiger partial charge on any atom is 0.155 e. The van der Waals surface area contributed by atoms with Crippen LogP contribution in [-0.4, -0.2) is 12.4 Å². The van der Waals surface area contributed by atoms with E-state index in [1.807, 2.05) is 6.92 Å². The third-order valence-electron chi connectivity index (χ3n) is 2.17. The Kier molecular flexibility index (Phi) is 3.87. The molecule has 0 aliphatic heterocycles. The second-order valence-corrected chi connectivity index (χ2v) is 3.13. The Bertz CT molecular complexity index is 97.7. The van der Waals surface area contributed by atoms with E-state index in [9.17, 15) is 0 Å². The van der Waals surface area contributed by atoms with Crippen LogP contribution in [0.15, 0.2) is 0 Å². The summed E-state index contributed by atoms with van der Waals surface area (Å²) in [6.45, 7) is 1.89. The van der Waals surface area contributed by atoms with Crippen molar-refractivity contribution in [1.29, 1.82) is 0 Å². The first-order chi connectivity index (χ1) is 5.33. The fourth-order valence-corrected chi connectivity index (χ4v) is 1.51. The zero-order valence-corrected chi connectivity index (χ0v) is 7.21. The minimum Gasteiger partial charge on any atom is -0.351 e. The molecule has 65 valence electrons. The van der Waals surface area contributed by atoms with Gasteiger partial charge in [0.25, 0.3) is 0 Å². The molecule has 0 N–H and O–H groups in total. The Morgan fingerprint density at radius 1 is 1.27 bits per heavy atom. The Labute approximate surface area is 68.9 Å². The van der Waals surface area contributed by atoms with Gasteiger partial charge in [0, 0.05) is 0 Å². The minimum atomic E-state index is -0.141. The highest BCUT2D eigenvalue weighted by Gasteiger charge is 2.15. The molecule has 2 nitrogen and oxygen atoms in total. The van der Waals surface area contributed by atoms with Crippen molar-refractivity contribution in [2.24, 2.45) is 0 Å². The summed E-state index contributed by atoms with van der Waals surface area (Å²) in [5, 5.41) is 0. The van der Waals surface area contributed by atoms with Crippen LogP contribution in [0.1, 0.15) is 39.0 Å². The fourth-order valence-electron chi connectivity index (χ4n) is 1.51. The van der Waals surface area contributed by atoms with E-state index < -0.39 is 0 Å². The lowest BCUT2D eigenvalue weighted by atomic mass is 9.98. The molecule has 1 unspecified atom stereocenters. The van der Waals surface area contributed by atoms with Crippen molar-refractivity contribution in [1.82, 2.24) is 0 Å². The van der Waals surface area contributed by atoms with Crippen molar-refractivity contribution in [3.8, 4) is 0 Å². The quantitative estimate of drug-likeness (QED) is 0.586. The number of rotatable bonds is 3. The molecule has 1 saturated carbocycles. The predicted molar refractivity (Wildman–Crippen MR) is 43.9 cm³/mol. The predicted octanol–water partition coefficient (Wildman–Crippen LogP) is 2.49. The van der Waals surface area contributed by atoms with E-state index in [1.54, 1.807) is 0 Å². The van der Waals surface area contributed by atoms with Crippen LogP contribution >= 0.6 is 0 Å². The van der Waals surface area contributed by atoms with Crippen LogP contribution in [0, 0.1) is 7.11 Å². The summed E-state index contributed by atoms with van der Waals surface area (Å²) in [5.41, 5.74) is 0. The first-order valence-corrected chi connectivity index (χ1v) is 4.39. The third kappa shape index (κ3) is 3.21. The molecule has 2 heteroatoms. The molecule has 0 saturated heterocycles. The van der Waals surface area contributed by atoms with Gasteiger partial charge in [0.05, 0.1) is 13.2 Å². The summed E-state index contributed by atoms with van der Waals surface area (Å²) in [4.78, 5) is 0. The van der Waals surface area contributed by atoms with Crippen LogP contribution < -0.4 is 0 Å². The van der Waals surface area contributed by atoms with E-state index >= 15 is 0 Å². The fraction of sp³-hybridized carbons (Fsp3) is 0.889. The summed E-state index contributed by atoms with van der Waals surface area (Å²) in [6, 6.07) is 0. The maximum absolute atomic E-state index is 5.56. The summed E-state index contributed by atoms with van der Waals surface area (Å²) in [5.74, 6) is 0. The minimum absolute atomic E-state index is 0.141. The Morgan fingerprint density at radius 2 is 1.91 bits per heavy atom. The molecule has 1 radical (unpaired) electrons. The van der Waals surface area contributed by atoms with Crippen molar-refractivity contribution >= 4 is 0 Å². The lowest BCUT2D eigenvalue weighted by Gasteiger charge is -2.24. The molecule has 0 aromatic rings. The normalized spacial score (nSPS) is 23.5. The molecule has 0 spiro atoms. The monoisotopic (exact) mass is 157 g/mol. The molecule has 0 bridgehead atoms. The van der Waals surface area contributed by atoms with Crippen molar-refractivity contribution in [3.63, 3.8) is 0 Å². The van der Waals surface area contributed by atoms with Gasteiger partial charge in [-0.25, -0.2) is 0 Å². The van der Waals surface area contributed by atoms with E-state index in [1.165, 1.54) is 32.1 Å². The van der Waals surface area contributed by atoms with Gasteiger partial charge in [-0.3, -0.25) is 0 Å². The van der Waals surface area contributed by atoms with Gasteiger partial charge in [0.2, 0.25) is 0 Å². The Morgan fingerprint density at radius 3 is 2.45 bits per heavy atom. The van der Waals surface area contributed by atoms with Gasteiger partial charge in [-0.15, -0.1) is 0 Å². The van der Waals surface area contributed by atoms with Gasteiger partial charge in [-0.2, -0.15) is 0 Å².